The van der Waals surface area contributed by atoms with Crippen molar-refractivity contribution in [3.63, 3.8) is 0 Å². The third-order valence-corrected chi connectivity index (χ3v) is 4.41. The van der Waals surface area contributed by atoms with Crippen LogP contribution in [0.2, 0.25) is 0 Å². The van der Waals surface area contributed by atoms with Gasteiger partial charge in [0.05, 0.1) is 4.90 Å². The van der Waals surface area contributed by atoms with Crippen molar-refractivity contribution in [1.82, 2.24) is 0 Å². The van der Waals surface area contributed by atoms with Crippen molar-refractivity contribution in [1.29, 1.82) is 0 Å². The Balaban J connectivity index is 2.17. The molecule has 0 bridgehead atoms. The fourth-order valence-electron chi connectivity index (χ4n) is 1.57. The average molecular weight is 280 g/mol. The van der Waals surface area contributed by atoms with Gasteiger partial charge in [-0.1, -0.05) is 12.1 Å². The number of rotatable bonds is 4. The van der Waals surface area contributed by atoms with Crippen LogP contribution in [-0.2, 0) is 16.3 Å². The van der Waals surface area contributed by atoms with Crippen LogP contribution in [0.15, 0.2) is 46.0 Å². The lowest BCUT2D eigenvalue weighted by Gasteiger charge is -2.01. The minimum atomic E-state index is -3.20. The molecule has 0 amide bonds. The quantitative estimate of drug-likeness (QED) is 0.809. The average Bonchev–Trinajstić information content (AvgIpc) is 2.81. The summed E-state index contributed by atoms with van der Waals surface area (Å²) in [6.45, 7) is 0. The zero-order valence-electron chi connectivity index (χ0n) is 9.79. The Morgan fingerprint density at radius 1 is 1.17 bits per heavy atom. The minimum Gasteiger partial charge on any atom is -0.294 e. The van der Waals surface area contributed by atoms with Gasteiger partial charge in [0, 0.05) is 18.2 Å². The molecule has 0 radical (unpaired) electrons. The van der Waals surface area contributed by atoms with Crippen LogP contribution >= 0.6 is 11.3 Å². The molecule has 2 aromatic rings. The van der Waals surface area contributed by atoms with Crippen molar-refractivity contribution in [2.45, 2.75) is 11.3 Å². The highest BCUT2D eigenvalue weighted by molar-refractivity contribution is 7.90. The monoisotopic (exact) mass is 280 g/mol. The van der Waals surface area contributed by atoms with Gasteiger partial charge in [-0.2, -0.15) is 11.3 Å². The molecule has 0 saturated carbocycles. The van der Waals surface area contributed by atoms with Crippen LogP contribution in [0.3, 0.4) is 0 Å². The number of thiophene rings is 1. The molecular formula is C13H12O3S2. The molecule has 3 nitrogen and oxygen atoms in total. The van der Waals surface area contributed by atoms with E-state index in [1.54, 1.807) is 23.5 Å². The molecular weight excluding hydrogens is 268 g/mol. The second-order valence-electron chi connectivity index (χ2n) is 4.03. The van der Waals surface area contributed by atoms with Gasteiger partial charge in [0.25, 0.3) is 0 Å². The molecule has 0 N–H and O–H groups in total. The zero-order chi connectivity index (χ0) is 13.2. The SMILES string of the molecule is CS(=O)(=O)c1ccc(C(=O)Cc2ccsc2)cc1. The van der Waals surface area contributed by atoms with Crippen molar-refractivity contribution in [3.05, 3.63) is 52.2 Å². The van der Waals surface area contributed by atoms with E-state index in [0.29, 0.717) is 12.0 Å². The molecule has 1 aromatic heterocycles. The lowest BCUT2D eigenvalue weighted by atomic mass is 10.1. The van der Waals surface area contributed by atoms with Crippen LogP contribution < -0.4 is 0 Å². The Hall–Kier alpha value is -1.46. The summed E-state index contributed by atoms with van der Waals surface area (Å²) < 4.78 is 22.6. The molecule has 0 atom stereocenters. The van der Waals surface area contributed by atoms with Gasteiger partial charge in [0.2, 0.25) is 0 Å². The Labute approximate surface area is 110 Å². The third-order valence-electron chi connectivity index (χ3n) is 2.55. The van der Waals surface area contributed by atoms with Gasteiger partial charge in [-0.15, -0.1) is 0 Å². The fraction of sp³-hybridized carbons (Fsp3) is 0.154. The molecule has 0 spiro atoms. The topological polar surface area (TPSA) is 51.2 Å². The molecule has 0 unspecified atom stereocenters. The van der Waals surface area contributed by atoms with Crippen LogP contribution in [-0.4, -0.2) is 20.5 Å². The summed E-state index contributed by atoms with van der Waals surface area (Å²) in [6, 6.07) is 7.97. The normalized spacial score (nSPS) is 11.4. The largest absolute Gasteiger partial charge is 0.294 e. The lowest BCUT2D eigenvalue weighted by Crippen LogP contribution is -2.04. The Kier molecular flexibility index (Phi) is 3.63. The van der Waals surface area contributed by atoms with Gasteiger partial charge in [-0.25, -0.2) is 8.42 Å². The molecule has 0 fully saturated rings. The first kappa shape index (κ1) is 13.0. The van der Waals surface area contributed by atoms with Crippen LogP contribution in [0.4, 0.5) is 0 Å². The lowest BCUT2D eigenvalue weighted by molar-refractivity contribution is 0.0993. The van der Waals surface area contributed by atoms with E-state index in [0.717, 1.165) is 11.8 Å². The van der Waals surface area contributed by atoms with E-state index in [-0.39, 0.29) is 10.7 Å². The molecule has 18 heavy (non-hydrogen) atoms. The second kappa shape index (κ2) is 5.04. The van der Waals surface area contributed by atoms with E-state index in [2.05, 4.69) is 0 Å². The Morgan fingerprint density at radius 3 is 2.33 bits per heavy atom. The highest BCUT2D eigenvalue weighted by atomic mass is 32.2. The van der Waals surface area contributed by atoms with Gasteiger partial charge in [0.15, 0.2) is 15.6 Å². The third kappa shape index (κ3) is 3.05. The van der Waals surface area contributed by atoms with Crippen LogP contribution in [0.1, 0.15) is 15.9 Å². The highest BCUT2D eigenvalue weighted by Gasteiger charge is 2.10. The van der Waals surface area contributed by atoms with Crippen molar-refractivity contribution in [2.24, 2.45) is 0 Å². The van der Waals surface area contributed by atoms with Crippen molar-refractivity contribution < 1.29 is 13.2 Å². The summed E-state index contributed by atoms with van der Waals surface area (Å²) in [5.74, 6) is -0.00606. The molecule has 0 saturated heterocycles. The summed E-state index contributed by atoms with van der Waals surface area (Å²) in [5, 5.41) is 3.86. The maximum atomic E-state index is 11.9. The molecule has 5 heteroatoms. The minimum absolute atomic E-state index is 0.00606. The van der Waals surface area contributed by atoms with E-state index in [4.69, 9.17) is 0 Å². The number of hydrogen-bond acceptors (Lipinski definition) is 4. The summed E-state index contributed by atoms with van der Waals surface area (Å²) >= 11 is 1.55. The Bertz CT molecular complexity index is 638. The first-order valence-corrected chi connectivity index (χ1v) is 8.14. The van der Waals surface area contributed by atoms with Crippen molar-refractivity contribution in [3.8, 4) is 0 Å². The Morgan fingerprint density at radius 2 is 1.83 bits per heavy atom. The number of benzene rings is 1. The zero-order valence-corrected chi connectivity index (χ0v) is 11.4. The number of hydrogen-bond donors (Lipinski definition) is 0. The molecule has 0 aliphatic heterocycles. The highest BCUT2D eigenvalue weighted by Crippen LogP contribution is 2.14. The van der Waals surface area contributed by atoms with Crippen LogP contribution in [0, 0.1) is 0 Å². The molecule has 0 aliphatic rings. The van der Waals surface area contributed by atoms with Crippen molar-refractivity contribution >= 4 is 27.0 Å². The van der Waals surface area contributed by atoms with E-state index < -0.39 is 9.84 Å². The van der Waals surface area contributed by atoms with Gasteiger partial charge in [-0.05, 0) is 34.5 Å². The van der Waals surface area contributed by atoms with E-state index >= 15 is 0 Å². The van der Waals surface area contributed by atoms with E-state index in [1.807, 2.05) is 16.8 Å². The number of Topliss-reactive ketones (excluding diaryl/α,β-unsaturated/α-hetero) is 1. The summed E-state index contributed by atoms with van der Waals surface area (Å²) in [6.07, 6.45) is 1.50. The van der Waals surface area contributed by atoms with Gasteiger partial charge in [0.1, 0.15) is 0 Å². The predicted octanol–water partition coefficient (Wildman–Crippen LogP) is 2.58. The maximum absolute atomic E-state index is 11.9. The van der Waals surface area contributed by atoms with Gasteiger partial charge in [-0.3, -0.25) is 4.79 Å². The molecule has 2 rings (SSSR count). The number of ketones is 1. The summed E-state index contributed by atoms with van der Waals surface area (Å²) in [7, 11) is -3.20. The van der Waals surface area contributed by atoms with E-state index in [9.17, 15) is 13.2 Å². The predicted molar refractivity (Wildman–Crippen MR) is 71.9 cm³/mol. The number of carbonyl (C=O) groups is 1. The second-order valence-corrected chi connectivity index (χ2v) is 6.82. The first-order valence-electron chi connectivity index (χ1n) is 5.31. The van der Waals surface area contributed by atoms with Gasteiger partial charge < -0.3 is 0 Å². The van der Waals surface area contributed by atoms with Crippen molar-refractivity contribution in [2.75, 3.05) is 6.26 Å². The van der Waals surface area contributed by atoms with Crippen LogP contribution in [0.25, 0.3) is 0 Å². The first-order chi connectivity index (χ1) is 8.47. The molecule has 1 heterocycles. The maximum Gasteiger partial charge on any atom is 0.175 e. The molecule has 0 aliphatic carbocycles. The smallest absolute Gasteiger partial charge is 0.175 e. The standard InChI is InChI=1S/C13H12O3S2/c1-18(15,16)12-4-2-11(3-5-12)13(14)8-10-6-7-17-9-10/h2-7,9H,8H2,1H3. The number of sulfone groups is 1. The molecule has 1 aromatic carbocycles. The fourth-order valence-corrected chi connectivity index (χ4v) is 2.87. The number of carbonyl (C=O) groups excluding carboxylic acids is 1. The summed E-state index contributed by atoms with van der Waals surface area (Å²) in [5.41, 5.74) is 1.52. The van der Waals surface area contributed by atoms with Crippen LogP contribution in [0.5, 0.6) is 0 Å². The van der Waals surface area contributed by atoms with E-state index in [1.165, 1.54) is 12.1 Å². The molecule has 94 valence electrons. The van der Waals surface area contributed by atoms with Gasteiger partial charge >= 0.3 is 0 Å². The summed E-state index contributed by atoms with van der Waals surface area (Å²) in [4.78, 5) is 12.2.